The van der Waals surface area contributed by atoms with Crippen molar-refractivity contribution in [3.8, 4) is 0 Å². The van der Waals surface area contributed by atoms with E-state index in [1.807, 2.05) is 0 Å². The first-order chi connectivity index (χ1) is 11.9. The standard InChI is InChI=1S/C17H22ClF2N3O2/c1-12(13(10-19)5-3-4-6-18)16(24)22-14-9-15(20)17(25)23(11-14)8-7-21-2/h4,6,9-12,21H,3,5,7-8H2,1-2H3,(H,22,24)/b6-4+,13-10+. The molecule has 0 saturated carbocycles. The average Bonchev–Trinajstić information content (AvgIpc) is 2.60. The summed E-state index contributed by atoms with van der Waals surface area (Å²) in [4.78, 5) is 24.0. The summed E-state index contributed by atoms with van der Waals surface area (Å²) in [6.07, 6.45) is 4.26. The van der Waals surface area contributed by atoms with Gasteiger partial charge in [-0.2, -0.15) is 0 Å². The molecule has 0 fully saturated rings. The van der Waals surface area contributed by atoms with Gasteiger partial charge in [-0.1, -0.05) is 17.7 Å². The number of amides is 1. The molecule has 1 atom stereocenters. The summed E-state index contributed by atoms with van der Waals surface area (Å²) in [6.45, 7) is 2.28. The van der Waals surface area contributed by atoms with Gasteiger partial charge in [-0.05, 0) is 32.4 Å². The number of rotatable bonds is 9. The van der Waals surface area contributed by atoms with E-state index in [-0.39, 0.29) is 12.2 Å². The fourth-order valence-corrected chi connectivity index (χ4v) is 2.29. The highest BCUT2D eigenvalue weighted by Gasteiger charge is 2.19. The van der Waals surface area contributed by atoms with Crippen LogP contribution in [0.1, 0.15) is 19.8 Å². The van der Waals surface area contributed by atoms with Crippen LogP contribution < -0.4 is 16.2 Å². The molecule has 1 aromatic rings. The molecule has 0 radical (unpaired) electrons. The van der Waals surface area contributed by atoms with Gasteiger partial charge in [0.2, 0.25) is 5.91 Å². The van der Waals surface area contributed by atoms with Crippen LogP contribution in [0, 0.1) is 11.7 Å². The van der Waals surface area contributed by atoms with Crippen LogP contribution in [0.5, 0.6) is 0 Å². The predicted octanol–water partition coefficient (Wildman–Crippen LogP) is 3.17. The number of hydrogen-bond donors (Lipinski definition) is 2. The van der Waals surface area contributed by atoms with E-state index in [1.54, 1.807) is 20.0 Å². The molecule has 0 aromatic carbocycles. The molecule has 2 N–H and O–H groups in total. The van der Waals surface area contributed by atoms with Gasteiger partial charge in [0.05, 0.1) is 17.9 Å². The summed E-state index contributed by atoms with van der Waals surface area (Å²) in [5.74, 6) is -2.19. The zero-order chi connectivity index (χ0) is 18.8. The molecule has 1 amide bonds. The zero-order valence-electron chi connectivity index (χ0n) is 14.2. The van der Waals surface area contributed by atoms with E-state index in [0.29, 0.717) is 31.3 Å². The number of hydrogen-bond acceptors (Lipinski definition) is 3. The molecule has 1 rings (SSSR count). The molecule has 0 saturated heterocycles. The number of nitrogens with zero attached hydrogens (tertiary/aromatic N) is 1. The Hall–Kier alpha value is -1.99. The molecule has 1 heterocycles. The van der Waals surface area contributed by atoms with Gasteiger partial charge in [-0.3, -0.25) is 9.59 Å². The lowest BCUT2D eigenvalue weighted by Crippen LogP contribution is -2.29. The Balaban J connectivity index is 2.88. The van der Waals surface area contributed by atoms with Gasteiger partial charge in [0.25, 0.3) is 5.56 Å². The van der Waals surface area contributed by atoms with Gasteiger partial charge in [0, 0.05) is 30.9 Å². The van der Waals surface area contributed by atoms with Crippen LogP contribution in [0.4, 0.5) is 14.5 Å². The second-order valence-electron chi connectivity index (χ2n) is 5.47. The first-order valence-corrected chi connectivity index (χ1v) is 8.28. The average molecular weight is 374 g/mol. The number of carbonyl (C=O) groups excluding carboxylic acids is 1. The fourth-order valence-electron chi connectivity index (χ4n) is 2.16. The molecule has 0 aliphatic heterocycles. The summed E-state index contributed by atoms with van der Waals surface area (Å²) in [5, 5.41) is 5.38. The number of pyridine rings is 1. The highest BCUT2D eigenvalue weighted by molar-refractivity contribution is 6.25. The lowest BCUT2D eigenvalue weighted by molar-refractivity contribution is -0.118. The normalized spacial score (nSPS) is 13.2. The third kappa shape index (κ3) is 6.43. The maximum Gasteiger partial charge on any atom is 0.286 e. The summed E-state index contributed by atoms with van der Waals surface area (Å²) in [5.41, 5.74) is 1.01. The summed E-state index contributed by atoms with van der Waals surface area (Å²) in [7, 11) is 1.71. The Morgan fingerprint density at radius 2 is 2.20 bits per heavy atom. The SMILES string of the molecule is CNCCn1cc(NC(=O)C(C)/C(=C/F)CC/C=C/Cl)cc(F)c1=O. The van der Waals surface area contributed by atoms with E-state index in [0.717, 1.165) is 6.07 Å². The van der Waals surface area contributed by atoms with Crippen molar-refractivity contribution in [3.05, 3.63) is 51.9 Å². The van der Waals surface area contributed by atoms with E-state index in [9.17, 15) is 18.4 Å². The van der Waals surface area contributed by atoms with Crippen LogP contribution in [0.25, 0.3) is 0 Å². The van der Waals surface area contributed by atoms with Crippen LogP contribution in [0.2, 0.25) is 0 Å². The van der Waals surface area contributed by atoms with E-state index < -0.39 is 23.2 Å². The lowest BCUT2D eigenvalue weighted by Gasteiger charge is -2.15. The molecule has 0 aliphatic carbocycles. The van der Waals surface area contributed by atoms with Crippen LogP contribution in [0.15, 0.2) is 40.6 Å². The Morgan fingerprint density at radius 1 is 1.48 bits per heavy atom. The maximum absolute atomic E-state index is 13.8. The minimum absolute atomic E-state index is 0.143. The van der Waals surface area contributed by atoms with Crippen LogP contribution >= 0.6 is 11.6 Å². The second-order valence-corrected chi connectivity index (χ2v) is 5.73. The van der Waals surface area contributed by atoms with E-state index in [4.69, 9.17) is 11.6 Å². The number of aromatic nitrogens is 1. The summed E-state index contributed by atoms with van der Waals surface area (Å²) in [6, 6.07) is 0.956. The second kappa shape index (κ2) is 10.8. The molecule has 0 bridgehead atoms. The minimum Gasteiger partial charge on any atom is -0.324 e. The molecular weight excluding hydrogens is 352 g/mol. The Morgan fingerprint density at radius 3 is 2.80 bits per heavy atom. The van der Waals surface area contributed by atoms with Gasteiger partial charge in [-0.25, -0.2) is 8.78 Å². The first-order valence-electron chi connectivity index (χ1n) is 7.84. The smallest absolute Gasteiger partial charge is 0.286 e. The quantitative estimate of drug-likeness (QED) is 0.699. The van der Waals surface area contributed by atoms with Gasteiger partial charge in [0.15, 0.2) is 5.82 Å². The minimum atomic E-state index is -0.963. The van der Waals surface area contributed by atoms with Crippen LogP contribution in [-0.4, -0.2) is 24.1 Å². The molecule has 25 heavy (non-hydrogen) atoms. The van der Waals surface area contributed by atoms with Crippen molar-refractivity contribution in [2.45, 2.75) is 26.3 Å². The number of likely N-dealkylation sites (N-methyl/N-ethyl adjacent to an activating group) is 1. The number of allylic oxidation sites excluding steroid dienone is 1. The molecular formula is C17H22ClF2N3O2. The van der Waals surface area contributed by atoms with Gasteiger partial charge in [-0.15, -0.1) is 0 Å². The number of halogens is 3. The number of carbonyl (C=O) groups is 1. The topological polar surface area (TPSA) is 63.1 Å². The van der Waals surface area contributed by atoms with Crippen molar-refractivity contribution in [1.82, 2.24) is 9.88 Å². The van der Waals surface area contributed by atoms with Crippen molar-refractivity contribution >= 4 is 23.2 Å². The van der Waals surface area contributed by atoms with Crippen LogP contribution in [0.3, 0.4) is 0 Å². The van der Waals surface area contributed by atoms with Crippen molar-refractivity contribution in [3.63, 3.8) is 0 Å². The first kappa shape index (κ1) is 21.1. The third-order valence-electron chi connectivity index (χ3n) is 3.69. The predicted molar refractivity (Wildman–Crippen MR) is 95.8 cm³/mol. The van der Waals surface area contributed by atoms with Crippen molar-refractivity contribution in [1.29, 1.82) is 0 Å². The van der Waals surface area contributed by atoms with Crippen LogP contribution in [-0.2, 0) is 11.3 Å². The van der Waals surface area contributed by atoms with Crippen molar-refractivity contribution in [2.24, 2.45) is 5.92 Å². The van der Waals surface area contributed by atoms with Crippen molar-refractivity contribution in [2.75, 3.05) is 18.9 Å². The van der Waals surface area contributed by atoms with E-state index >= 15 is 0 Å². The monoisotopic (exact) mass is 373 g/mol. The van der Waals surface area contributed by atoms with Crippen molar-refractivity contribution < 1.29 is 13.6 Å². The molecule has 5 nitrogen and oxygen atoms in total. The van der Waals surface area contributed by atoms with E-state index in [1.165, 1.54) is 16.3 Å². The Labute approximate surface area is 150 Å². The Bertz CT molecular complexity index is 702. The molecule has 0 aliphatic rings. The number of anilines is 1. The molecule has 1 aromatic heterocycles. The highest BCUT2D eigenvalue weighted by atomic mass is 35.5. The number of nitrogens with one attached hydrogen (secondary N) is 2. The summed E-state index contributed by atoms with van der Waals surface area (Å²) >= 11 is 5.42. The Kier molecular flexibility index (Phi) is 9.08. The fraction of sp³-hybridized carbons (Fsp3) is 0.412. The summed E-state index contributed by atoms with van der Waals surface area (Å²) < 4.78 is 28.0. The third-order valence-corrected chi connectivity index (χ3v) is 3.87. The molecule has 1 unspecified atom stereocenters. The van der Waals surface area contributed by atoms with Gasteiger partial charge >= 0.3 is 0 Å². The molecule has 138 valence electrons. The van der Waals surface area contributed by atoms with Gasteiger partial charge < -0.3 is 15.2 Å². The largest absolute Gasteiger partial charge is 0.324 e. The molecule has 0 spiro atoms. The van der Waals surface area contributed by atoms with E-state index in [2.05, 4.69) is 10.6 Å². The highest BCUT2D eigenvalue weighted by Crippen LogP contribution is 2.20. The van der Waals surface area contributed by atoms with Gasteiger partial charge in [0.1, 0.15) is 0 Å². The lowest BCUT2D eigenvalue weighted by atomic mass is 9.97. The molecule has 8 heteroatoms. The maximum atomic E-state index is 13.8. The zero-order valence-corrected chi connectivity index (χ0v) is 14.9.